The molecule has 68 valence electrons. The molecule has 5 heteroatoms. The first kappa shape index (κ1) is 9.05. The maximum absolute atomic E-state index is 9.99. The Hall–Kier alpha value is -2.04. The Morgan fingerprint density at radius 2 is 2.15 bits per heavy atom. The molecule has 0 aliphatic rings. The predicted molar refractivity (Wildman–Crippen MR) is 46.9 cm³/mol. The van der Waals surface area contributed by atoms with Gasteiger partial charge in [-0.25, -0.2) is 10.2 Å². The molecule has 0 radical (unpaired) electrons. The molecule has 0 heterocycles. The van der Waals surface area contributed by atoms with Gasteiger partial charge in [0.15, 0.2) is 0 Å². The van der Waals surface area contributed by atoms with E-state index in [0.717, 1.165) is 0 Å². The Morgan fingerprint density at radius 3 is 2.77 bits per heavy atom. The van der Waals surface area contributed by atoms with Crippen LogP contribution in [0.4, 0.5) is 4.79 Å². The molecular weight excluding hydrogens is 172 g/mol. The molecule has 0 saturated carbocycles. The SMILES string of the molecule is O=C(O)NN=Cc1ccccc1O. The fourth-order valence-electron chi connectivity index (χ4n) is 0.754. The first-order valence-corrected chi connectivity index (χ1v) is 3.50. The zero-order valence-corrected chi connectivity index (χ0v) is 6.64. The number of phenols is 1. The molecule has 0 bridgehead atoms. The number of para-hydroxylation sites is 1. The molecule has 1 rings (SSSR count). The van der Waals surface area contributed by atoms with Gasteiger partial charge in [0.05, 0.1) is 6.21 Å². The van der Waals surface area contributed by atoms with Crippen molar-refractivity contribution in [3.63, 3.8) is 0 Å². The summed E-state index contributed by atoms with van der Waals surface area (Å²) in [5.41, 5.74) is 2.25. The minimum atomic E-state index is -1.24. The molecule has 0 aromatic heterocycles. The maximum Gasteiger partial charge on any atom is 0.425 e. The van der Waals surface area contributed by atoms with E-state index in [1.807, 2.05) is 0 Å². The van der Waals surface area contributed by atoms with Crippen molar-refractivity contribution in [2.24, 2.45) is 5.10 Å². The van der Waals surface area contributed by atoms with Gasteiger partial charge in [0.2, 0.25) is 0 Å². The molecule has 5 nitrogen and oxygen atoms in total. The van der Waals surface area contributed by atoms with E-state index >= 15 is 0 Å². The number of rotatable bonds is 2. The van der Waals surface area contributed by atoms with E-state index in [1.165, 1.54) is 12.3 Å². The first-order chi connectivity index (χ1) is 6.20. The summed E-state index contributed by atoms with van der Waals surface area (Å²) >= 11 is 0. The fourth-order valence-corrected chi connectivity index (χ4v) is 0.754. The lowest BCUT2D eigenvalue weighted by atomic mass is 10.2. The number of nitrogens with zero attached hydrogens (tertiary/aromatic N) is 1. The lowest BCUT2D eigenvalue weighted by Crippen LogP contribution is -2.13. The largest absolute Gasteiger partial charge is 0.507 e. The van der Waals surface area contributed by atoms with Crippen LogP contribution in [0.3, 0.4) is 0 Å². The molecule has 3 N–H and O–H groups in total. The Bertz CT molecular complexity index is 336. The predicted octanol–water partition coefficient (Wildman–Crippen LogP) is 0.994. The Morgan fingerprint density at radius 1 is 1.46 bits per heavy atom. The van der Waals surface area contributed by atoms with E-state index in [1.54, 1.807) is 23.6 Å². The van der Waals surface area contributed by atoms with Gasteiger partial charge in [-0.05, 0) is 12.1 Å². The lowest BCUT2D eigenvalue weighted by Gasteiger charge is -1.95. The van der Waals surface area contributed by atoms with Crippen molar-refractivity contribution in [2.45, 2.75) is 0 Å². The number of amides is 1. The van der Waals surface area contributed by atoms with Crippen molar-refractivity contribution in [1.82, 2.24) is 5.43 Å². The van der Waals surface area contributed by atoms with Crippen molar-refractivity contribution in [1.29, 1.82) is 0 Å². The van der Waals surface area contributed by atoms with Crippen LogP contribution in [0.15, 0.2) is 29.4 Å². The van der Waals surface area contributed by atoms with Crippen LogP contribution in [-0.2, 0) is 0 Å². The molecule has 1 amide bonds. The van der Waals surface area contributed by atoms with E-state index in [4.69, 9.17) is 5.11 Å². The third kappa shape index (κ3) is 2.82. The third-order valence-corrected chi connectivity index (χ3v) is 1.30. The second-order valence-electron chi connectivity index (χ2n) is 2.23. The molecular formula is C8H8N2O3. The van der Waals surface area contributed by atoms with Gasteiger partial charge >= 0.3 is 6.09 Å². The lowest BCUT2D eigenvalue weighted by molar-refractivity contribution is 0.195. The summed E-state index contributed by atoms with van der Waals surface area (Å²) in [5, 5.41) is 20.8. The van der Waals surface area contributed by atoms with Gasteiger partial charge in [0, 0.05) is 5.56 Å². The van der Waals surface area contributed by atoms with Gasteiger partial charge < -0.3 is 10.2 Å². The van der Waals surface area contributed by atoms with Gasteiger partial charge in [-0.2, -0.15) is 5.10 Å². The van der Waals surface area contributed by atoms with Crippen LogP contribution < -0.4 is 5.43 Å². The second-order valence-corrected chi connectivity index (χ2v) is 2.23. The Labute approximate surface area is 74.3 Å². The number of phenolic OH excluding ortho intramolecular Hbond substituents is 1. The summed E-state index contributed by atoms with van der Waals surface area (Å²) in [6.45, 7) is 0. The van der Waals surface area contributed by atoms with Crippen molar-refractivity contribution < 1.29 is 15.0 Å². The van der Waals surface area contributed by atoms with Gasteiger partial charge in [-0.1, -0.05) is 12.1 Å². The summed E-state index contributed by atoms with van der Waals surface area (Å²) in [6, 6.07) is 6.48. The highest BCUT2D eigenvalue weighted by Gasteiger charge is 1.94. The monoisotopic (exact) mass is 180 g/mol. The molecule has 0 saturated heterocycles. The molecule has 0 atom stereocenters. The normalized spacial score (nSPS) is 10.2. The van der Waals surface area contributed by atoms with E-state index < -0.39 is 6.09 Å². The number of hydrogen-bond acceptors (Lipinski definition) is 3. The van der Waals surface area contributed by atoms with Gasteiger partial charge in [-0.15, -0.1) is 0 Å². The van der Waals surface area contributed by atoms with Crippen LogP contribution in [0.5, 0.6) is 5.75 Å². The van der Waals surface area contributed by atoms with Gasteiger partial charge in [0.25, 0.3) is 0 Å². The second kappa shape index (κ2) is 4.10. The van der Waals surface area contributed by atoms with Crippen molar-refractivity contribution in [3.8, 4) is 5.75 Å². The molecule has 13 heavy (non-hydrogen) atoms. The number of carbonyl (C=O) groups is 1. The van der Waals surface area contributed by atoms with Crippen LogP contribution in [-0.4, -0.2) is 22.5 Å². The zero-order valence-electron chi connectivity index (χ0n) is 6.64. The number of benzene rings is 1. The highest BCUT2D eigenvalue weighted by molar-refractivity contribution is 5.83. The van der Waals surface area contributed by atoms with Crippen molar-refractivity contribution >= 4 is 12.3 Å². The molecule has 1 aromatic carbocycles. The van der Waals surface area contributed by atoms with Gasteiger partial charge in [0.1, 0.15) is 5.75 Å². The molecule has 0 fully saturated rings. The number of hydrazone groups is 1. The summed E-state index contributed by atoms with van der Waals surface area (Å²) in [6.07, 6.45) is -0.0182. The Balaban J connectivity index is 2.68. The molecule has 0 aliphatic heterocycles. The van der Waals surface area contributed by atoms with E-state index in [0.29, 0.717) is 5.56 Å². The smallest absolute Gasteiger partial charge is 0.425 e. The quantitative estimate of drug-likeness (QED) is 0.469. The topological polar surface area (TPSA) is 81.9 Å². The van der Waals surface area contributed by atoms with E-state index in [9.17, 15) is 9.90 Å². The van der Waals surface area contributed by atoms with Crippen LogP contribution in [0.25, 0.3) is 0 Å². The number of nitrogens with one attached hydrogen (secondary N) is 1. The van der Waals surface area contributed by atoms with Crippen LogP contribution >= 0.6 is 0 Å². The molecule has 0 aliphatic carbocycles. The van der Waals surface area contributed by atoms with Gasteiger partial charge in [-0.3, -0.25) is 0 Å². The summed E-state index contributed by atoms with van der Waals surface area (Å²) in [4.78, 5) is 9.99. The average molecular weight is 180 g/mol. The number of aromatic hydroxyl groups is 1. The summed E-state index contributed by atoms with van der Waals surface area (Å²) < 4.78 is 0. The minimum Gasteiger partial charge on any atom is -0.507 e. The van der Waals surface area contributed by atoms with E-state index in [2.05, 4.69) is 5.10 Å². The highest BCUT2D eigenvalue weighted by atomic mass is 16.4. The number of carboxylic acid groups (broad SMARTS) is 1. The molecule has 1 aromatic rings. The summed E-state index contributed by atoms with van der Waals surface area (Å²) in [7, 11) is 0. The number of hydrogen-bond donors (Lipinski definition) is 3. The fraction of sp³-hybridized carbons (Fsp3) is 0. The molecule has 0 spiro atoms. The highest BCUT2D eigenvalue weighted by Crippen LogP contribution is 2.12. The minimum absolute atomic E-state index is 0.0541. The third-order valence-electron chi connectivity index (χ3n) is 1.30. The standard InChI is InChI=1S/C8H8N2O3/c11-7-4-2-1-3-6(7)5-9-10-8(12)13/h1-5,10-11H,(H,12,13). The zero-order chi connectivity index (χ0) is 9.68. The molecule has 0 unspecified atom stereocenters. The Kier molecular flexibility index (Phi) is 2.86. The van der Waals surface area contributed by atoms with E-state index in [-0.39, 0.29) is 5.75 Å². The average Bonchev–Trinajstić information content (AvgIpc) is 2.08. The van der Waals surface area contributed by atoms with Crippen molar-refractivity contribution in [2.75, 3.05) is 0 Å². The van der Waals surface area contributed by atoms with Crippen LogP contribution in [0.2, 0.25) is 0 Å². The first-order valence-electron chi connectivity index (χ1n) is 3.50. The van der Waals surface area contributed by atoms with Crippen LogP contribution in [0.1, 0.15) is 5.56 Å². The summed E-state index contributed by atoms with van der Waals surface area (Å²) in [5.74, 6) is 0.0541. The van der Waals surface area contributed by atoms with Crippen LogP contribution in [0, 0.1) is 0 Å². The maximum atomic E-state index is 9.99. The van der Waals surface area contributed by atoms with Crippen molar-refractivity contribution in [3.05, 3.63) is 29.8 Å².